The van der Waals surface area contributed by atoms with Crippen LogP contribution in [0.1, 0.15) is 5.56 Å². The lowest BCUT2D eigenvalue weighted by molar-refractivity contribution is -0.482. The van der Waals surface area contributed by atoms with Crippen molar-refractivity contribution < 1.29 is 22.9 Å². The van der Waals surface area contributed by atoms with Crippen LogP contribution < -0.4 is 4.90 Å². The van der Waals surface area contributed by atoms with E-state index in [1.807, 2.05) is 0 Å². The summed E-state index contributed by atoms with van der Waals surface area (Å²) in [5, 5.41) is 10.5. The Bertz CT molecular complexity index is 530. The van der Waals surface area contributed by atoms with E-state index < -0.39 is 29.6 Å². The normalized spacial score (nSPS) is 18.3. The molecule has 0 bridgehead atoms. The first kappa shape index (κ1) is 13.3. The van der Waals surface area contributed by atoms with Crippen LogP contribution in [-0.2, 0) is 11.2 Å². The van der Waals surface area contributed by atoms with Gasteiger partial charge in [0.05, 0.1) is 0 Å². The summed E-state index contributed by atoms with van der Waals surface area (Å²) in [4.78, 5) is 21.7. The van der Waals surface area contributed by atoms with E-state index in [0.29, 0.717) is 10.5 Å². The number of para-hydroxylation sites is 1. The van der Waals surface area contributed by atoms with Gasteiger partial charge < -0.3 is 0 Å². The third kappa shape index (κ3) is 2.51. The highest BCUT2D eigenvalue weighted by Gasteiger charge is 2.49. The second-order valence-corrected chi connectivity index (χ2v) is 4.17. The Morgan fingerprint density at radius 3 is 2.63 bits per heavy atom. The number of carbonyl (C=O) groups excluding carboxylic acids is 1. The number of nitro groups is 1. The minimum Gasteiger partial charge on any atom is -0.294 e. The molecule has 1 aliphatic rings. The Hall–Kier alpha value is -2.12. The number of halogens is 3. The number of hydrogen-bond acceptors (Lipinski definition) is 3. The molecule has 0 saturated heterocycles. The minimum atomic E-state index is -5.05. The molecule has 8 heteroatoms. The maximum atomic E-state index is 12.5. The Morgan fingerprint density at radius 2 is 2.05 bits per heavy atom. The van der Waals surface area contributed by atoms with Crippen molar-refractivity contribution in [3.8, 4) is 0 Å². The first-order valence-corrected chi connectivity index (χ1v) is 5.41. The molecule has 1 heterocycles. The van der Waals surface area contributed by atoms with Crippen LogP contribution in [0.5, 0.6) is 0 Å². The van der Waals surface area contributed by atoms with Crippen LogP contribution in [0.25, 0.3) is 0 Å². The standard InChI is InChI=1S/C11H9F3N2O3/c12-11(13,14)10(17)16-8(6-15(18)19)5-7-3-1-2-4-9(7)16/h1-4,8H,5-6H2. The summed E-state index contributed by atoms with van der Waals surface area (Å²) in [7, 11) is 0. The molecule has 1 aromatic carbocycles. The number of rotatable bonds is 2. The summed E-state index contributed by atoms with van der Waals surface area (Å²) in [6.45, 7) is -0.712. The number of amides is 1. The predicted octanol–water partition coefficient (Wildman–Crippen LogP) is 1.78. The fourth-order valence-corrected chi connectivity index (χ4v) is 2.19. The zero-order valence-corrected chi connectivity index (χ0v) is 9.55. The summed E-state index contributed by atoms with van der Waals surface area (Å²) >= 11 is 0. The molecular formula is C11H9F3N2O3. The van der Waals surface area contributed by atoms with E-state index >= 15 is 0 Å². The third-order valence-corrected chi connectivity index (χ3v) is 2.89. The van der Waals surface area contributed by atoms with Gasteiger partial charge in [0.15, 0.2) is 0 Å². The second kappa shape index (κ2) is 4.52. The summed E-state index contributed by atoms with van der Waals surface area (Å²) in [6.07, 6.45) is -4.99. The smallest absolute Gasteiger partial charge is 0.294 e. The van der Waals surface area contributed by atoms with E-state index in [4.69, 9.17) is 0 Å². The molecule has 0 radical (unpaired) electrons. The molecule has 19 heavy (non-hydrogen) atoms. The molecule has 5 nitrogen and oxygen atoms in total. The molecule has 1 amide bonds. The van der Waals surface area contributed by atoms with Gasteiger partial charge in [-0.15, -0.1) is 0 Å². The quantitative estimate of drug-likeness (QED) is 0.610. The van der Waals surface area contributed by atoms with Crippen molar-refractivity contribution in [3.05, 3.63) is 39.9 Å². The van der Waals surface area contributed by atoms with Crippen LogP contribution in [0.15, 0.2) is 24.3 Å². The van der Waals surface area contributed by atoms with Gasteiger partial charge in [-0.25, -0.2) is 0 Å². The van der Waals surface area contributed by atoms with Gasteiger partial charge in [-0.1, -0.05) is 18.2 Å². The van der Waals surface area contributed by atoms with Gasteiger partial charge in [0.1, 0.15) is 6.04 Å². The molecule has 0 N–H and O–H groups in total. The number of benzene rings is 1. The monoisotopic (exact) mass is 274 g/mol. The van der Waals surface area contributed by atoms with Gasteiger partial charge in [0.25, 0.3) is 0 Å². The van der Waals surface area contributed by atoms with E-state index in [-0.39, 0.29) is 12.1 Å². The Labute approximate surface area is 105 Å². The number of hydrogen-bond donors (Lipinski definition) is 0. The first-order valence-electron chi connectivity index (χ1n) is 5.41. The average molecular weight is 274 g/mol. The van der Waals surface area contributed by atoms with Crippen LogP contribution in [0, 0.1) is 10.1 Å². The zero-order chi connectivity index (χ0) is 14.2. The molecule has 0 aliphatic carbocycles. The topological polar surface area (TPSA) is 63.5 Å². The Kier molecular flexibility index (Phi) is 3.17. The largest absolute Gasteiger partial charge is 0.471 e. The highest BCUT2D eigenvalue weighted by molar-refractivity contribution is 5.99. The van der Waals surface area contributed by atoms with Crippen LogP contribution in [0.3, 0.4) is 0 Å². The van der Waals surface area contributed by atoms with Crippen molar-refractivity contribution in [1.82, 2.24) is 0 Å². The van der Waals surface area contributed by atoms with Crippen molar-refractivity contribution in [2.45, 2.75) is 18.6 Å². The fraction of sp³-hybridized carbons (Fsp3) is 0.364. The molecular weight excluding hydrogens is 265 g/mol. The molecule has 102 valence electrons. The number of alkyl halides is 3. The molecule has 1 aliphatic heterocycles. The van der Waals surface area contributed by atoms with Gasteiger partial charge in [-0.2, -0.15) is 13.2 Å². The van der Waals surface area contributed by atoms with Gasteiger partial charge >= 0.3 is 12.1 Å². The number of carbonyl (C=O) groups is 1. The zero-order valence-electron chi connectivity index (χ0n) is 9.55. The average Bonchev–Trinajstić information content (AvgIpc) is 2.63. The van der Waals surface area contributed by atoms with Gasteiger partial charge in [0.2, 0.25) is 6.54 Å². The van der Waals surface area contributed by atoms with Gasteiger partial charge in [0, 0.05) is 17.0 Å². The van der Waals surface area contributed by atoms with Gasteiger partial charge in [-0.3, -0.25) is 19.8 Å². The number of anilines is 1. The fourth-order valence-electron chi connectivity index (χ4n) is 2.19. The number of nitrogens with zero attached hydrogens (tertiary/aromatic N) is 2. The molecule has 0 fully saturated rings. The first-order chi connectivity index (χ1) is 8.80. The van der Waals surface area contributed by atoms with Crippen molar-refractivity contribution >= 4 is 11.6 Å². The predicted molar refractivity (Wildman–Crippen MR) is 59.3 cm³/mol. The van der Waals surface area contributed by atoms with Crippen LogP contribution in [0.2, 0.25) is 0 Å². The van der Waals surface area contributed by atoms with Crippen molar-refractivity contribution in [2.75, 3.05) is 11.4 Å². The van der Waals surface area contributed by atoms with Crippen molar-refractivity contribution in [2.24, 2.45) is 0 Å². The molecule has 2 rings (SSSR count). The lowest BCUT2D eigenvalue weighted by atomic mass is 10.1. The lowest BCUT2D eigenvalue weighted by Gasteiger charge is -2.23. The summed E-state index contributed by atoms with van der Waals surface area (Å²) in [5.74, 6) is -2.07. The summed E-state index contributed by atoms with van der Waals surface area (Å²) in [5.41, 5.74) is 0.601. The Balaban J connectivity index is 2.39. The third-order valence-electron chi connectivity index (χ3n) is 2.89. The van der Waals surface area contributed by atoms with E-state index in [1.165, 1.54) is 12.1 Å². The molecule has 1 atom stereocenters. The minimum absolute atomic E-state index is 0.0545. The Morgan fingerprint density at radius 1 is 1.42 bits per heavy atom. The van der Waals surface area contributed by atoms with Crippen LogP contribution in [0.4, 0.5) is 18.9 Å². The molecule has 0 saturated carbocycles. The van der Waals surface area contributed by atoms with Crippen molar-refractivity contribution in [1.29, 1.82) is 0 Å². The summed E-state index contributed by atoms with van der Waals surface area (Å²) < 4.78 is 37.6. The second-order valence-electron chi connectivity index (χ2n) is 4.17. The van der Waals surface area contributed by atoms with E-state index in [9.17, 15) is 28.1 Å². The highest BCUT2D eigenvalue weighted by Crippen LogP contribution is 2.35. The molecule has 0 aromatic heterocycles. The van der Waals surface area contributed by atoms with Gasteiger partial charge in [-0.05, 0) is 11.6 Å². The maximum absolute atomic E-state index is 12.5. The summed E-state index contributed by atoms with van der Waals surface area (Å²) in [6, 6.07) is 4.93. The maximum Gasteiger partial charge on any atom is 0.471 e. The SMILES string of the molecule is O=C(N1c2ccccc2CC1C[N+](=O)[O-])C(F)(F)F. The lowest BCUT2D eigenvalue weighted by Crippen LogP contribution is -2.48. The number of fused-ring (bicyclic) bond motifs is 1. The van der Waals surface area contributed by atoms with Crippen molar-refractivity contribution in [3.63, 3.8) is 0 Å². The van der Waals surface area contributed by atoms with Crippen LogP contribution >= 0.6 is 0 Å². The highest BCUT2D eigenvalue weighted by atomic mass is 19.4. The van der Waals surface area contributed by atoms with E-state index in [0.717, 1.165) is 0 Å². The molecule has 0 spiro atoms. The van der Waals surface area contributed by atoms with E-state index in [2.05, 4.69) is 0 Å². The van der Waals surface area contributed by atoms with Crippen LogP contribution in [-0.4, -0.2) is 29.6 Å². The molecule has 1 aromatic rings. The van der Waals surface area contributed by atoms with E-state index in [1.54, 1.807) is 12.1 Å². The molecule has 1 unspecified atom stereocenters.